The number of quaternary nitrogens is 1. The molecule has 1 unspecified atom stereocenters. The summed E-state index contributed by atoms with van der Waals surface area (Å²) in [5.41, 5.74) is 15.2. The second kappa shape index (κ2) is 12.3. The highest BCUT2D eigenvalue weighted by molar-refractivity contribution is 6.12. The van der Waals surface area contributed by atoms with E-state index in [9.17, 15) is 4.39 Å². The molecular formula is C50H37F5N+. The molecule has 10 rings (SSSR count). The van der Waals surface area contributed by atoms with Gasteiger partial charge in [-0.1, -0.05) is 66.7 Å². The van der Waals surface area contributed by atoms with Gasteiger partial charge in [-0.25, -0.2) is 22.0 Å². The van der Waals surface area contributed by atoms with Gasteiger partial charge in [-0.2, -0.15) is 0 Å². The Morgan fingerprint density at radius 3 is 1.70 bits per heavy atom. The van der Waals surface area contributed by atoms with E-state index in [-0.39, 0.29) is 12.0 Å². The van der Waals surface area contributed by atoms with Crippen molar-refractivity contribution in [2.45, 2.75) is 53.8 Å². The Bertz CT molecular complexity index is 2950. The van der Waals surface area contributed by atoms with Crippen LogP contribution in [-0.4, -0.2) is 0 Å². The molecule has 2 aliphatic heterocycles. The molecule has 1 nitrogen and oxygen atoms in total. The van der Waals surface area contributed by atoms with Crippen LogP contribution in [0.5, 0.6) is 0 Å². The number of fused-ring (bicyclic) bond motifs is 11. The van der Waals surface area contributed by atoms with Gasteiger partial charge in [-0.15, -0.1) is 0 Å². The lowest BCUT2D eigenvalue weighted by atomic mass is 9.82. The second-order valence-electron chi connectivity index (χ2n) is 15.9. The largest absolute Gasteiger partial charge is 0.279 e. The average molecular weight is 747 g/mol. The summed E-state index contributed by atoms with van der Waals surface area (Å²) < 4.78 is 75.7. The van der Waals surface area contributed by atoms with Crippen LogP contribution in [0.3, 0.4) is 0 Å². The highest BCUT2D eigenvalue weighted by atomic mass is 19.2. The monoisotopic (exact) mass is 746 g/mol. The van der Waals surface area contributed by atoms with Crippen molar-refractivity contribution < 1.29 is 22.0 Å². The summed E-state index contributed by atoms with van der Waals surface area (Å²) in [4.78, 5) is 0. The van der Waals surface area contributed by atoms with E-state index in [4.69, 9.17) is 0 Å². The number of aryl methyl sites for hydroxylation is 2. The molecule has 0 radical (unpaired) electrons. The number of benzene rings is 7. The minimum atomic E-state index is -1.51. The van der Waals surface area contributed by atoms with Crippen LogP contribution >= 0.6 is 0 Å². The van der Waals surface area contributed by atoms with Crippen LogP contribution in [0.25, 0.3) is 60.5 Å². The van der Waals surface area contributed by atoms with Gasteiger partial charge < -0.3 is 0 Å². The maximum absolute atomic E-state index is 15.3. The van der Waals surface area contributed by atoms with Gasteiger partial charge in [0.05, 0.1) is 0 Å². The van der Waals surface area contributed by atoms with E-state index < -0.39 is 29.1 Å². The highest BCUT2D eigenvalue weighted by Crippen LogP contribution is 2.56. The molecule has 0 bridgehead atoms. The first-order chi connectivity index (χ1) is 26.9. The Balaban J connectivity index is 1.41. The van der Waals surface area contributed by atoms with Crippen molar-refractivity contribution in [3.63, 3.8) is 0 Å². The first kappa shape index (κ1) is 34.6. The Labute approximate surface area is 322 Å². The SMILES string of the molecule is Cc1ccc2c(c1C)-c1c(ccc(C)c1C)[N+]1(C2)Cc2c(C3=CC(F)=C(F)C3)cc3ccccc3c2-c2c(c(-c3cc(F)c(F)c(F)c3)cc3ccccc23)C1. The van der Waals surface area contributed by atoms with Gasteiger partial charge in [0.15, 0.2) is 23.3 Å². The van der Waals surface area contributed by atoms with Crippen molar-refractivity contribution in [3.05, 3.63) is 177 Å². The molecule has 0 N–H and O–H groups in total. The number of rotatable bonds is 2. The smallest absolute Gasteiger partial charge is 0.194 e. The third kappa shape index (κ3) is 4.94. The molecule has 1 spiro atoms. The molecule has 276 valence electrons. The zero-order chi connectivity index (χ0) is 38.8. The van der Waals surface area contributed by atoms with Crippen molar-refractivity contribution in [1.82, 2.24) is 4.48 Å². The predicted octanol–water partition coefficient (Wildman–Crippen LogP) is 14.1. The Morgan fingerprint density at radius 2 is 1.09 bits per heavy atom. The zero-order valence-corrected chi connectivity index (χ0v) is 31.5. The molecule has 7 aromatic rings. The first-order valence-corrected chi connectivity index (χ1v) is 19.0. The number of allylic oxidation sites excluding steroid dienone is 4. The van der Waals surface area contributed by atoms with Gasteiger partial charge in [0.25, 0.3) is 0 Å². The molecule has 0 saturated heterocycles. The summed E-state index contributed by atoms with van der Waals surface area (Å²) >= 11 is 0. The van der Waals surface area contributed by atoms with Crippen LogP contribution in [0.4, 0.5) is 27.6 Å². The fourth-order valence-electron chi connectivity index (χ4n) is 9.86. The summed E-state index contributed by atoms with van der Waals surface area (Å²) in [7, 11) is 0. The van der Waals surface area contributed by atoms with Crippen LogP contribution in [0.15, 0.2) is 115 Å². The summed E-state index contributed by atoms with van der Waals surface area (Å²) in [6.45, 7) is 10.1. The number of nitrogens with zero attached hydrogens (tertiary/aromatic N) is 1. The molecule has 56 heavy (non-hydrogen) atoms. The fourth-order valence-corrected chi connectivity index (χ4v) is 9.86. The molecule has 7 aromatic carbocycles. The number of hydrogen-bond acceptors (Lipinski definition) is 0. The van der Waals surface area contributed by atoms with Crippen LogP contribution in [0.1, 0.15) is 50.9 Å². The van der Waals surface area contributed by atoms with Gasteiger partial charge in [0.1, 0.15) is 31.1 Å². The van der Waals surface area contributed by atoms with Crippen LogP contribution in [0, 0.1) is 45.1 Å². The Morgan fingerprint density at radius 1 is 0.536 bits per heavy atom. The molecule has 2 heterocycles. The third-order valence-electron chi connectivity index (χ3n) is 12.8. The molecule has 0 saturated carbocycles. The second-order valence-corrected chi connectivity index (χ2v) is 15.9. The normalized spacial score (nSPS) is 17.2. The van der Waals surface area contributed by atoms with E-state index in [1.54, 1.807) is 0 Å². The average Bonchev–Trinajstić information content (AvgIpc) is 3.44. The van der Waals surface area contributed by atoms with Crippen LogP contribution < -0.4 is 4.48 Å². The Kier molecular flexibility index (Phi) is 7.62. The van der Waals surface area contributed by atoms with Crippen LogP contribution in [0.2, 0.25) is 0 Å². The molecule has 1 aliphatic carbocycles. The maximum Gasteiger partial charge on any atom is 0.194 e. The lowest BCUT2D eigenvalue weighted by Gasteiger charge is -2.44. The standard InChI is InChI=1S/C50H37F5N/c1-26-13-15-32-23-56(45-16-14-27(2)29(4)47(45)46(32)28(26)3)24-39-37(33-19-41(51)42(52)20-33)17-30-9-5-7-11-35(30)48(39)49-36-12-8-6-10-31(36)18-38(40(49)25-56)34-21-43(53)50(55)44(54)22-34/h5-19,21-22H,20,23-25H2,1-4H3/q+1. The molecule has 6 heteroatoms. The number of halogens is 5. The van der Waals surface area contributed by atoms with E-state index in [0.717, 1.165) is 72.7 Å². The minimum Gasteiger partial charge on any atom is -0.279 e. The fraction of sp³-hybridized carbons (Fsp3) is 0.160. The lowest BCUT2D eigenvalue weighted by molar-refractivity contribution is 0.247. The van der Waals surface area contributed by atoms with Gasteiger partial charge in [0.2, 0.25) is 0 Å². The summed E-state index contributed by atoms with van der Waals surface area (Å²) in [6.07, 6.45) is 1.17. The van der Waals surface area contributed by atoms with Crippen molar-refractivity contribution in [3.8, 4) is 33.4 Å². The summed E-state index contributed by atoms with van der Waals surface area (Å²) in [5, 5.41) is 3.66. The van der Waals surface area contributed by atoms with Crippen molar-refractivity contribution in [1.29, 1.82) is 0 Å². The lowest BCUT2D eigenvalue weighted by Crippen LogP contribution is -2.49. The maximum atomic E-state index is 15.3. The van der Waals surface area contributed by atoms with E-state index in [1.807, 2.05) is 42.5 Å². The summed E-state index contributed by atoms with van der Waals surface area (Å²) in [6, 6.07) is 31.0. The van der Waals surface area contributed by atoms with Crippen LogP contribution in [-0.2, 0) is 19.6 Å². The molecule has 1 atom stereocenters. The van der Waals surface area contributed by atoms with Crippen molar-refractivity contribution in [2.24, 2.45) is 0 Å². The van der Waals surface area contributed by atoms with Gasteiger partial charge in [-0.3, -0.25) is 4.48 Å². The van der Waals surface area contributed by atoms with E-state index in [2.05, 4.69) is 70.2 Å². The quantitative estimate of drug-likeness (QED) is 0.0939. The number of hydrogen-bond donors (Lipinski definition) is 0. The zero-order valence-electron chi connectivity index (χ0n) is 31.5. The Hall–Kier alpha value is -5.85. The van der Waals surface area contributed by atoms with E-state index in [0.29, 0.717) is 35.3 Å². The minimum absolute atomic E-state index is 0.158. The molecular weight excluding hydrogens is 710 g/mol. The summed E-state index contributed by atoms with van der Waals surface area (Å²) in [5.74, 6) is -5.68. The first-order valence-electron chi connectivity index (χ1n) is 19.0. The molecule has 0 fully saturated rings. The van der Waals surface area contributed by atoms with E-state index in [1.165, 1.54) is 39.5 Å². The van der Waals surface area contributed by atoms with E-state index >= 15 is 17.6 Å². The van der Waals surface area contributed by atoms with Gasteiger partial charge >= 0.3 is 0 Å². The van der Waals surface area contributed by atoms with Crippen molar-refractivity contribution >= 4 is 32.8 Å². The van der Waals surface area contributed by atoms with Crippen molar-refractivity contribution in [2.75, 3.05) is 0 Å². The molecule has 0 amide bonds. The third-order valence-corrected chi connectivity index (χ3v) is 12.8. The van der Waals surface area contributed by atoms with Gasteiger partial charge in [-0.05, 0) is 130 Å². The van der Waals surface area contributed by atoms with Gasteiger partial charge in [0, 0.05) is 45.9 Å². The molecule has 3 aliphatic rings. The molecule has 0 aromatic heterocycles. The topological polar surface area (TPSA) is 0 Å². The predicted molar refractivity (Wildman–Crippen MR) is 218 cm³/mol. The highest BCUT2D eigenvalue weighted by Gasteiger charge is 2.45.